The molecule has 0 unspecified atom stereocenters. The number of imide groups is 1. The van der Waals surface area contributed by atoms with E-state index in [4.69, 9.17) is 0 Å². The molecule has 0 aliphatic carbocycles. The molecule has 166 valence electrons. The van der Waals surface area contributed by atoms with Crippen LogP contribution in [0, 0.1) is 0 Å². The van der Waals surface area contributed by atoms with Gasteiger partial charge in [0.05, 0.1) is 5.69 Å². The van der Waals surface area contributed by atoms with E-state index in [-0.39, 0.29) is 21.3 Å². The molecule has 4 rings (SSSR count). The van der Waals surface area contributed by atoms with Gasteiger partial charge < -0.3 is 5.32 Å². The molecule has 2 aromatic heterocycles. The van der Waals surface area contributed by atoms with Crippen molar-refractivity contribution >= 4 is 50.6 Å². The summed E-state index contributed by atoms with van der Waals surface area (Å²) in [5.41, 5.74) is 3.44. The van der Waals surface area contributed by atoms with Gasteiger partial charge in [0.15, 0.2) is 0 Å². The van der Waals surface area contributed by atoms with Gasteiger partial charge in [-0.25, -0.2) is 4.98 Å². The molecule has 0 aliphatic heterocycles. The molecule has 33 heavy (non-hydrogen) atoms. The van der Waals surface area contributed by atoms with Crippen LogP contribution in [-0.4, -0.2) is 32.3 Å². The number of carbonyl (C=O) groups is 3. The Morgan fingerprint density at radius 1 is 0.939 bits per heavy atom. The number of hydrazine groups is 1. The number of aromatic nitrogens is 2. The van der Waals surface area contributed by atoms with E-state index in [9.17, 15) is 19.2 Å². The summed E-state index contributed by atoms with van der Waals surface area (Å²) in [6.45, 7) is 2.32. The zero-order valence-electron chi connectivity index (χ0n) is 17.7. The zero-order valence-corrected chi connectivity index (χ0v) is 18.6. The quantitative estimate of drug-likeness (QED) is 0.451. The molecule has 2 heterocycles. The first-order valence-electron chi connectivity index (χ1n) is 9.90. The second kappa shape index (κ2) is 9.05. The predicted octanol–water partition coefficient (Wildman–Crippen LogP) is 3.23. The number of anilines is 2. The van der Waals surface area contributed by atoms with Crippen molar-refractivity contribution in [2.24, 2.45) is 0 Å². The highest BCUT2D eigenvalue weighted by molar-refractivity contribution is 7.20. The van der Waals surface area contributed by atoms with Crippen LogP contribution < -0.4 is 16.3 Å². The number of hydrogen-bond donors (Lipinski definition) is 2. The van der Waals surface area contributed by atoms with E-state index < -0.39 is 17.7 Å². The number of fused-ring (bicyclic) bond motifs is 1. The van der Waals surface area contributed by atoms with Crippen molar-refractivity contribution in [2.75, 3.05) is 5.32 Å². The summed E-state index contributed by atoms with van der Waals surface area (Å²) in [7, 11) is 0. The molecule has 10 heteroatoms. The molecule has 0 aliphatic rings. The molecule has 2 aromatic carbocycles. The van der Waals surface area contributed by atoms with Crippen molar-refractivity contribution in [3.63, 3.8) is 0 Å². The first-order valence-corrected chi connectivity index (χ1v) is 10.7. The van der Waals surface area contributed by atoms with Crippen LogP contribution in [0.15, 0.2) is 71.8 Å². The van der Waals surface area contributed by atoms with E-state index in [0.717, 1.165) is 30.9 Å². The summed E-state index contributed by atoms with van der Waals surface area (Å²) in [4.78, 5) is 54.4. The van der Waals surface area contributed by atoms with Gasteiger partial charge in [-0.2, -0.15) is 5.01 Å². The highest BCUT2D eigenvalue weighted by Crippen LogP contribution is 2.34. The second-order valence-corrected chi connectivity index (χ2v) is 8.07. The van der Waals surface area contributed by atoms with Gasteiger partial charge in [-0.1, -0.05) is 36.4 Å². The van der Waals surface area contributed by atoms with Gasteiger partial charge in [0.2, 0.25) is 11.8 Å². The van der Waals surface area contributed by atoms with Crippen LogP contribution in [0.5, 0.6) is 0 Å². The monoisotopic (exact) mass is 461 g/mol. The molecule has 0 radical (unpaired) electrons. The predicted molar refractivity (Wildman–Crippen MR) is 126 cm³/mol. The van der Waals surface area contributed by atoms with Crippen molar-refractivity contribution in [3.8, 4) is 5.69 Å². The lowest BCUT2D eigenvalue weighted by atomic mass is 10.2. The Morgan fingerprint density at radius 3 is 2.15 bits per heavy atom. The molecule has 3 amide bonds. The number of rotatable bonds is 4. The Kier molecular flexibility index (Phi) is 6.01. The van der Waals surface area contributed by atoms with Crippen molar-refractivity contribution in [1.29, 1.82) is 0 Å². The van der Waals surface area contributed by atoms with Crippen LogP contribution in [0.25, 0.3) is 16.6 Å². The van der Waals surface area contributed by atoms with Crippen LogP contribution in [0.4, 0.5) is 10.7 Å². The van der Waals surface area contributed by atoms with Gasteiger partial charge in [0.1, 0.15) is 27.1 Å². The topological polar surface area (TPSA) is 113 Å². The minimum atomic E-state index is -0.721. The Morgan fingerprint density at radius 2 is 1.55 bits per heavy atom. The highest BCUT2D eigenvalue weighted by atomic mass is 32.1. The maximum Gasteiger partial charge on any atom is 0.282 e. The Hall–Kier alpha value is -4.31. The van der Waals surface area contributed by atoms with Gasteiger partial charge in [0.25, 0.3) is 11.5 Å². The molecule has 0 fully saturated rings. The van der Waals surface area contributed by atoms with Gasteiger partial charge in [-0.15, -0.1) is 11.3 Å². The molecular weight excluding hydrogens is 442 g/mol. The number of nitrogens with zero attached hydrogens (tertiary/aromatic N) is 3. The fourth-order valence-electron chi connectivity index (χ4n) is 3.23. The number of amides is 3. The number of carbonyl (C=O) groups excluding carboxylic acids is 3. The Balaban J connectivity index is 1.87. The van der Waals surface area contributed by atoms with Gasteiger partial charge >= 0.3 is 0 Å². The van der Waals surface area contributed by atoms with E-state index in [1.54, 1.807) is 24.3 Å². The van der Waals surface area contributed by atoms with Gasteiger partial charge in [-0.05, 0) is 24.3 Å². The Bertz CT molecular complexity index is 1400. The summed E-state index contributed by atoms with van der Waals surface area (Å²) < 4.78 is 1.39. The first-order chi connectivity index (χ1) is 15.9. The minimum Gasteiger partial charge on any atom is -0.346 e. The van der Waals surface area contributed by atoms with Crippen LogP contribution in [0.2, 0.25) is 0 Å². The molecule has 0 atom stereocenters. The van der Waals surface area contributed by atoms with Crippen LogP contribution >= 0.6 is 11.3 Å². The van der Waals surface area contributed by atoms with Crippen LogP contribution in [-0.2, 0) is 9.59 Å². The molecule has 9 nitrogen and oxygen atoms in total. The number of thiophene rings is 1. The minimum absolute atomic E-state index is 0.0910. The second-order valence-electron chi connectivity index (χ2n) is 7.04. The smallest absolute Gasteiger partial charge is 0.282 e. The van der Waals surface area contributed by atoms with E-state index in [2.05, 4.69) is 15.7 Å². The third-order valence-electron chi connectivity index (χ3n) is 4.73. The fraction of sp³-hybridized carbons (Fsp3) is 0.0870. The van der Waals surface area contributed by atoms with E-state index in [1.807, 2.05) is 36.4 Å². The maximum atomic E-state index is 13.5. The summed E-state index contributed by atoms with van der Waals surface area (Å²) in [6, 6.07) is 18.2. The normalized spacial score (nSPS) is 10.6. The fourth-order valence-corrected chi connectivity index (χ4v) is 4.28. The maximum absolute atomic E-state index is 13.5. The van der Waals surface area contributed by atoms with Crippen molar-refractivity contribution < 1.29 is 14.4 Å². The largest absolute Gasteiger partial charge is 0.346 e. The third-order valence-corrected chi connectivity index (χ3v) is 5.83. The number of hydrogen-bond acceptors (Lipinski definition) is 7. The van der Waals surface area contributed by atoms with Crippen LogP contribution in [0.3, 0.4) is 0 Å². The Labute approximate surface area is 192 Å². The van der Waals surface area contributed by atoms with Gasteiger partial charge in [-0.3, -0.25) is 29.2 Å². The van der Waals surface area contributed by atoms with Gasteiger partial charge in [0, 0.05) is 19.5 Å². The number of benzene rings is 2. The lowest BCUT2D eigenvalue weighted by Crippen LogP contribution is -2.47. The van der Waals surface area contributed by atoms with Crippen molar-refractivity contribution in [1.82, 2.24) is 20.0 Å². The number of nitrogens with one attached hydrogen (secondary N) is 2. The summed E-state index contributed by atoms with van der Waals surface area (Å²) in [5, 5.41) is 4.43. The average molecular weight is 462 g/mol. The lowest BCUT2D eigenvalue weighted by molar-refractivity contribution is -0.144. The highest BCUT2D eigenvalue weighted by Gasteiger charge is 2.25. The number of para-hydroxylation sites is 2. The molecule has 0 bridgehead atoms. The standard InChI is InChI=1S/C23H19N5O4S/c1-14(29)28(15(2)30)26-21(31)20-19-18(22(33-20)25-16-9-5-3-6-10-16)23(32)27(13-24-19)17-11-7-4-8-12-17/h3-13,25H,1-2H3,(H,26,31). The third kappa shape index (κ3) is 4.37. The first kappa shape index (κ1) is 21.9. The summed E-state index contributed by atoms with van der Waals surface area (Å²) in [5.74, 6) is -2.00. The lowest BCUT2D eigenvalue weighted by Gasteiger charge is -2.17. The summed E-state index contributed by atoms with van der Waals surface area (Å²) in [6.07, 6.45) is 1.35. The van der Waals surface area contributed by atoms with Crippen LogP contribution in [0.1, 0.15) is 23.5 Å². The molecule has 0 saturated heterocycles. The van der Waals surface area contributed by atoms with E-state index >= 15 is 0 Å². The molecule has 0 spiro atoms. The molecule has 4 aromatic rings. The van der Waals surface area contributed by atoms with Crippen molar-refractivity contribution in [2.45, 2.75) is 13.8 Å². The van der Waals surface area contributed by atoms with E-state index in [1.165, 1.54) is 10.9 Å². The van der Waals surface area contributed by atoms with Crippen molar-refractivity contribution in [3.05, 3.63) is 82.2 Å². The zero-order chi connectivity index (χ0) is 23.5. The molecule has 2 N–H and O–H groups in total. The molecular formula is C23H19N5O4S. The SMILES string of the molecule is CC(=O)N(NC(=O)c1sc(Nc2ccccc2)c2c(=O)n(-c3ccccc3)cnc12)C(C)=O. The summed E-state index contributed by atoms with van der Waals surface area (Å²) >= 11 is 1.01. The average Bonchev–Trinajstić information content (AvgIpc) is 3.17. The molecule has 0 saturated carbocycles. The van der Waals surface area contributed by atoms with E-state index in [0.29, 0.717) is 15.7 Å².